The average molecular weight is 201 g/mol. The summed E-state index contributed by atoms with van der Waals surface area (Å²) >= 11 is 1.77. The third-order valence-corrected chi connectivity index (χ3v) is 3.39. The fourth-order valence-corrected chi connectivity index (χ4v) is 2.66. The van der Waals surface area contributed by atoms with Crippen molar-refractivity contribution in [2.45, 2.75) is 12.8 Å². The SMILES string of the molecule is C1=CN2C(=CS1)CCc1ccccc12. The molecule has 1 nitrogen and oxygen atoms in total. The van der Waals surface area contributed by atoms with Gasteiger partial charge in [-0.15, -0.1) is 11.8 Å². The number of anilines is 1. The Hall–Kier alpha value is -1.15. The maximum Gasteiger partial charge on any atom is 0.0484 e. The number of fused-ring (bicyclic) bond motifs is 3. The van der Waals surface area contributed by atoms with E-state index in [2.05, 4.69) is 46.2 Å². The molecule has 70 valence electrons. The van der Waals surface area contributed by atoms with Crippen molar-refractivity contribution >= 4 is 17.4 Å². The molecule has 2 aliphatic heterocycles. The molecule has 0 N–H and O–H groups in total. The van der Waals surface area contributed by atoms with Crippen molar-refractivity contribution in [3.8, 4) is 0 Å². The molecule has 0 amide bonds. The van der Waals surface area contributed by atoms with E-state index in [4.69, 9.17) is 0 Å². The highest BCUT2D eigenvalue weighted by Crippen LogP contribution is 2.36. The molecule has 2 heteroatoms. The van der Waals surface area contributed by atoms with Crippen LogP contribution >= 0.6 is 11.8 Å². The van der Waals surface area contributed by atoms with Crippen LogP contribution in [0, 0.1) is 0 Å². The number of thioether (sulfide) groups is 1. The topological polar surface area (TPSA) is 3.24 Å². The summed E-state index contributed by atoms with van der Waals surface area (Å²) in [6.45, 7) is 0. The zero-order valence-electron chi connectivity index (χ0n) is 7.81. The molecule has 0 radical (unpaired) electrons. The summed E-state index contributed by atoms with van der Waals surface area (Å²) in [6, 6.07) is 8.65. The minimum atomic E-state index is 1.16. The molecule has 0 bridgehead atoms. The molecule has 0 unspecified atom stereocenters. The second-order valence-electron chi connectivity index (χ2n) is 3.53. The van der Waals surface area contributed by atoms with Crippen molar-refractivity contribution in [3.05, 3.63) is 52.5 Å². The second-order valence-corrected chi connectivity index (χ2v) is 4.31. The fraction of sp³-hybridized carbons (Fsp3) is 0.167. The molecule has 0 atom stereocenters. The van der Waals surface area contributed by atoms with Crippen LogP contribution < -0.4 is 4.90 Å². The van der Waals surface area contributed by atoms with E-state index in [0.717, 1.165) is 6.42 Å². The van der Waals surface area contributed by atoms with E-state index >= 15 is 0 Å². The highest BCUT2D eigenvalue weighted by Gasteiger charge is 2.19. The lowest BCUT2D eigenvalue weighted by molar-refractivity contribution is 0.859. The highest BCUT2D eigenvalue weighted by atomic mass is 32.2. The number of hydrogen-bond donors (Lipinski definition) is 0. The Morgan fingerprint density at radius 1 is 1.14 bits per heavy atom. The van der Waals surface area contributed by atoms with Crippen molar-refractivity contribution in [3.63, 3.8) is 0 Å². The van der Waals surface area contributed by atoms with Gasteiger partial charge >= 0.3 is 0 Å². The summed E-state index contributed by atoms with van der Waals surface area (Å²) < 4.78 is 0. The molecule has 14 heavy (non-hydrogen) atoms. The molecule has 0 aliphatic carbocycles. The molecule has 1 aromatic rings. The number of rotatable bonds is 0. The monoisotopic (exact) mass is 201 g/mol. The summed E-state index contributed by atoms with van der Waals surface area (Å²) in [7, 11) is 0. The number of para-hydroxylation sites is 1. The van der Waals surface area contributed by atoms with Crippen molar-refractivity contribution in [2.75, 3.05) is 4.90 Å². The summed E-state index contributed by atoms with van der Waals surface area (Å²) in [6.07, 6.45) is 4.50. The molecule has 0 aromatic heterocycles. The molecule has 0 fully saturated rings. The Labute approximate surface area is 88.1 Å². The minimum Gasteiger partial charge on any atom is -0.320 e. The third-order valence-electron chi connectivity index (χ3n) is 2.70. The van der Waals surface area contributed by atoms with E-state index in [1.807, 2.05) is 0 Å². The van der Waals surface area contributed by atoms with E-state index in [0.29, 0.717) is 0 Å². The highest BCUT2D eigenvalue weighted by molar-refractivity contribution is 8.05. The summed E-state index contributed by atoms with van der Waals surface area (Å²) in [4.78, 5) is 2.30. The first-order valence-electron chi connectivity index (χ1n) is 4.83. The van der Waals surface area contributed by atoms with E-state index in [9.17, 15) is 0 Å². The maximum absolute atomic E-state index is 2.30. The first kappa shape index (κ1) is 8.18. The van der Waals surface area contributed by atoms with Gasteiger partial charge in [-0.05, 0) is 35.3 Å². The van der Waals surface area contributed by atoms with Gasteiger partial charge in [0.2, 0.25) is 0 Å². The number of aryl methyl sites for hydroxylation is 1. The largest absolute Gasteiger partial charge is 0.320 e. The van der Waals surface area contributed by atoms with Crippen LogP contribution in [0.3, 0.4) is 0 Å². The van der Waals surface area contributed by atoms with Crippen LogP contribution in [0.2, 0.25) is 0 Å². The first-order valence-corrected chi connectivity index (χ1v) is 5.78. The van der Waals surface area contributed by atoms with E-state index in [1.165, 1.54) is 23.4 Å². The number of benzene rings is 1. The lowest BCUT2D eigenvalue weighted by atomic mass is 10.0. The van der Waals surface area contributed by atoms with E-state index in [1.54, 1.807) is 11.8 Å². The van der Waals surface area contributed by atoms with Crippen LogP contribution in [0.25, 0.3) is 0 Å². The predicted molar refractivity (Wildman–Crippen MR) is 62.1 cm³/mol. The first-order chi connectivity index (χ1) is 6.95. The number of hydrogen-bond acceptors (Lipinski definition) is 2. The molecular formula is C12H11NS. The molecular weight excluding hydrogens is 190 g/mol. The molecule has 2 aliphatic rings. The van der Waals surface area contributed by atoms with Gasteiger partial charge in [-0.1, -0.05) is 18.2 Å². The van der Waals surface area contributed by atoms with Crippen LogP contribution in [0.5, 0.6) is 0 Å². The van der Waals surface area contributed by atoms with Gasteiger partial charge in [0.15, 0.2) is 0 Å². The van der Waals surface area contributed by atoms with Gasteiger partial charge < -0.3 is 4.90 Å². The van der Waals surface area contributed by atoms with Gasteiger partial charge in [0.05, 0.1) is 0 Å². The Balaban J connectivity index is 2.12. The van der Waals surface area contributed by atoms with Crippen molar-refractivity contribution in [1.82, 2.24) is 0 Å². The van der Waals surface area contributed by atoms with Gasteiger partial charge in [-0.2, -0.15) is 0 Å². The van der Waals surface area contributed by atoms with Crippen molar-refractivity contribution < 1.29 is 0 Å². The zero-order chi connectivity index (χ0) is 9.38. The van der Waals surface area contributed by atoms with Crippen LogP contribution in [-0.4, -0.2) is 0 Å². The van der Waals surface area contributed by atoms with E-state index in [-0.39, 0.29) is 0 Å². The molecule has 0 spiro atoms. The predicted octanol–water partition coefficient (Wildman–Crippen LogP) is 3.50. The van der Waals surface area contributed by atoms with Crippen LogP contribution in [0.1, 0.15) is 12.0 Å². The molecule has 0 saturated carbocycles. The number of nitrogens with zero attached hydrogens (tertiary/aromatic N) is 1. The Morgan fingerprint density at radius 3 is 3.07 bits per heavy atom. The van der Waals surface area contributed by atoms with Gasteiger partial charge in [0, 0.05) is 17.6 Å². The lowest BCUT2D eigenvalue weighted by Gasteiger charge is -2.32. The minimum absolute atomic E-state index is 1.16. The number of allylic oxidation sites excluding steroid dienone is 1. The van der Waals surface area contributed by atoms with Gasteiger partial charge in [0.1, 0.15) is 0 Å². The zero-order valence-corrected chi connectivity index (χ0v) is 8.63. The fourth-order valence-electron chi connectivity index (χ4n) is 2.00. The van der Waals surface area contributed by atoms with Gasteiger partial charge in [0.25, 0.3) is 0 Å². The quantitative estimate of drug-likeness (QED) is 0.632. The summed E-state index contributed by atoms with van der Waals surface area (Å²) in [5.74, 6) is 0. The van der Waals surface area contributed by atoms with Gasteiger partial charge in [-0.3, -0.25) is 0 Å². The molecule has 3 rings (SSSR count). The smallest absolute Gasteiger partial charge is 0.0484 e. The van der Waals surface area contributed by atoms with Crippen molar-refractivity contribution in [2.24, 2.45) is 0 Å². The standard InChI is InChI=1S/C12H11NS/c1-2-4-12-10(3-1)5-6-11-9-14-8-7-13(11)12/h1-4,7-9H,5-6H2. The third kappa shape index (κ3) is 1.18. The Kier molecular flexibility index (Phi) is 1.88. The van der Waals surface area contributed by atoms with Crippen LogP contribution in [0.15, 0.2) is 47.0 Å². The summed E-state index contributed by atoms with van der Waals surface area (Å²) in [5, 5.41) is 4.38. The van der Waals surface area contributed by atoms with E-state index < -0.39 is 0 Å². The molecule has 2 heterocycles. The Morgan fingerprint density at radius 2 is 2.07 bits per heavy atom. The summed E-state index contributed by atoms with van der Waals surface area (Å²) in [5.41, 5.74) is 4.24. The molecule has 0 saturated heterocycles. The average Bonchev–Trinajstić information content (AvgIpc) is 2.29. The van der Waals surface area contributed by atoms with Crippen molar-refractivity contribution in [1.29, 1.82) is 0 Å². The van der Waals surface area contributed by atoms with Gasteiger partial charge in [-0.25, -0.2) is 0 Å². The van der Waals surface area contributed by atoms with Crippen LogP contribution in [0.4, 0.5) is 5.69 Å². The second kappa shape index (κ2) is 3.21. The normalized spacial score (nSPS) is 18.6. The Bertz CT molecular complexity index is 420. The molecule has 1 aromatic carbocycles. The van der Waals surface area contributed by atoms with Crippen LogP contribution in [-0.2, 0) is 6.42 Å². The maximum atomic E-state index is 2.30. The lowest BCUT2D eigenvalue weighted by Crippen LogP contribution is -2.22.